The van der Waals surface area contributed by atoms with E-state index in [1.807, 2.05) is 0 Å². The average molecular weight is 988 g/mol. The van der Waals surface area contributed by atoms with E-state index in [4.69, 9.17) is 14.2 Å². The van der Waals surface area contributed by atoms with Gasteiger partial charge in [-0.1, -0.05) is 259 Å². The number of ether oxygens (including phenoxy) is 3. The third-order valence-corrected chi connectivity index (χ3v) is 12.6. The Kier molecular flexibility index (Phi) is 55.9. The fraction of sp³-hybridized carbons (Fsp3) is 0.708. The Morgan fingerprint density at radius 1 is 0.296 bits per heavy atom. The number of hydrogen-bond acceptors (Lipinski definition) is 6. The molecule has 0 aliphatic heterocycles. The summed E-state index contributed by atoms with van der Waals surface area (Å²) >= 11 is 0. The SMILES string of the molecule is CC/C=C\C/C=C\C/C=C\C/C=C\C/C=C\C/C=C\CCCCCCCCC(=O)OCC(COC(=O)CCCCCCCCCCCCCCCC)OC(=O)CCCCCCC/C=C\C/C=C\CCCC. The molecule has 0 saturated carbocycles. The lowest BCUT2D eigenvalue weighted by Crippen LogP contribution is -2.30. The Balaban J connectivity index is 4.37. The molecule has 0 rings (SSSR count). The van der Waals surface area contributed by atoms with Crippen molar-refractivity contribution in [1.29, 1.82) is 0 Å². The van der Waals surface area contributed by atoms with E-state index in [0.717, 1.165) is 135 Å². The Morgan fingerprint density at radius 3 is 0.901 bits per heavy atom. The zero-order valence-electron chi connectivity index (χ0n) is 46.5. The van der Waals surface area contributed by atoms with Gasteiger partial charge in [0.25, 0.3) is 0 Å². The molecule has 6 nitrogen and oxygen atoms in total. The Labute approximate surface area is 438 Å². The third kappa shape index (κ3) is 57.1. The highest BCUT2D eigenvalue weighted by Gasteiger charge is 2.19. The molecule has 406 valence electrons. The summed E-state index contributed by atoms with van der Waals surface area (Å²) in [6.45, 7) is 6.47. The standard InChI is InChI=1S/C65H110O6/c1-4-7-10-13-16-19-22-25-28-29-30-31-32-33-34-35-36-37-38-41-43-46-49-52-55-58-64(67)70-61-62(71-65(68)59-56-53-50-47-44-40-27-24-21-18-15-12-9-6-3)60-69-63(66)57-54-51-48-45-42-39-26-23-20-17-14-11-8-5-2/h7,10,15-16,18-19,24-25,27-28,30-31,33-34,36-37,62H,4-6,8-9,11-14,17,20-23,26,29,32,35,38-61H2,1-3H3/b10-7-,18-15-,19-16-,27-24-,28-25-,31-30-,34-33-,37-36-. The molecule has 0 radical (unpaired) electrons. The highest BCUT2D eigenvalue weighted by atomic mass is 16.6. The second-order valence-corrected chi connectivity index (χ2v) is 19.5. The number of unbranched alkanes of at least 4 members (excludes halogenated alkanes) is 26. The van der Waals surface area contributed by atoms with Gasteiger partial charge in [-0.15, -0.1) is 0 Å². The van der Waals surface area contributed by atoms with Crippen LogP contribution >= 0.6 is 0 Å². The molecular weight excluding hydrogens is 877 g/mol. The Bertz CT molecular complexity index is 1410. The fourth-order valence-corrected chi connectivity index (χ4v) is 8.11. The summed E-state index contributed by atoms with van der Waals surface area (Å²) < 4.78 is 16.9. The first-order chi connectivity index (χ1) is 35.0. The first-order valence-electron chi connectivity index (χ1n) is 29.7. The van der Waals surface area contributed by atoms with E-state index >= 15 is 0 Å². The molecule has 0 heterocycles. The molecule has 0 amide bonds. The maximum atomic E-state index is 12.8. The summed E-state index contributed by atoms with van der Waals surface area (Å²) in [4.78, 5) is 38.2. The van der Waals surface area contributed by atoms with E-state index < -0.39 is 6.10 Å². The first-order valence-corrected chi connectivity index (χ1v) is 29.7. The van der Waals surface area contributed by atoms with Crippen molar-refractivity contribution in [2.75, 3.05) is 13.2 Å². The number of esters is 3. The van der Waals surface area contributed by atoms with Crippen LogP contribution in [-0.2, 0) is 28.6 Å². The largest absolute Gasteiger partial charge is 0.462 e. The highest BCUT2D eigenvalue weighted by Crippen LogP contribution is 2.15. The predicted molar refractivity (Wildman–Crippen MR) is 307 cm³/mol. The number of allylic oxidation sites excluding steroid dienone is 16. The maximum absolute atomic E-state index is 12.8. The van der Waals surface area contributed by atoms with Crippen LogP contribution in [0.25, 0.3) is 0 Å². The van der Waals surface area contributed by atoms with Crippen LogP contribution in [0.5, 0.6) is 0 Å². The lowest BCUT2D eigenvalue weighted by atomic mass is 10.0. The summed E-state index contributed by atoms with van der Waals surface area (Å²) in [5.74, 6) is -0.910. The van der Waals surface area contributed by atoms with Crippen molar-refractivity contribution in [1.82, 2.24) is 0 Å². The lowest BCUT2D eigenvalue weighted by Gasteiger charge is -2.18. The number of carbonyl (C=O) groups is 3. The summed E-state index contributed by atoms with van der Waals surface area (Å²) in [7, 11) is 0. The van der Waals surface area contributed by atoms with Gasteiger partial charge in [0.2, 0.25) is 0 Å². The molecule has 71 heavy (non-hydrogen) atoms. The summed E-state index contributed by atoms with van der Waals surface area (Å²) in [5, 5.41) is 0. The summed E-state index contributed by atoms with van der Waals surface area (Å²) in [6, 6.07) is 0. The Morgan fingerprint density at radius 2 is 0.563 bits per heavy atom. The molecule has 0 spiro atoms. The molecular formula is C65H110O6. The van der Waals surface area contributed by atoms with Crippen LogP contribution in [0.3, 0.4) is 0 Å². The third-order valence-electron chi connectivity index (χ3n) is 12.6. The quantitative estimate of drug-likeness (QED) is 0.0261. The van der Waals surface area contributed by atoms with Crippen molar-refractivity contribution in [2.24, 2.45) is 0 Å². The van der Waals surface area contributed by atoms with Crippen LogP contribution in [0.15, 0.2) is 97.2 Å². The molecule has 0 saturated heterocycles. The van der Waals surface area contributed by atoms with Gasteiger partial charge in [0.1, 0.15) is 13.2 Å². The van der Waals surface area contributed by atoms with Crippen molar-refractivity contribution in [3.8, 4) is 0 Å². The molecule has 0 N–H and O–H groups in total. The van der Waals surface area contributed by atoms with Gasteiger partial charge in [0, 0.05) is 19.3 Å². The first kappa shape index (κ1) is 67.3. The molecule has 0 fully saturated rings. The molecule has 6 heteroatoms. The smallest absolute Gasteiger partial charge is 0.306 e. The van der Waals surface area contributed by atoms with Crippen molar-refractivity contribution in [3.63, 3.8) is 0 Å². The van der Waals surface area contributed by atoms with Crippen LogP contribution in [0.4, 0.5) is 0 Å². The van der Waals surface area contributed by atoms with Gasteiger partial charge in [-0.2, -0.15) is 0 Å². The molecule has 1 unspecified atom stereocenters. The maximum Gasteiger partial charge on any atom is 0.306 e. The van der Waals surface area contributed by atoms with E-state index in [1.165, 1.54) is 103 Å². The van der Waals surface area contributed by atoms with Crippen LogP contribution in [0.1, 0.15) is 278 Å². The number of carbonyl (C=O) groups excluding carboxylic acids is 3. The van der Waals surface area contributed by atoms with Crippen LogP contribution in [-0.4, -0.2) is 37.2 Å². The number of hydrogen-bond donors (Lipinski definition) is 0. The normalized spacial score (nSPS) is 12.8. The van der Waals surface area contributed by atoms with E-state index in [9.17, 15) is 14.4 Å². The van der Waals surface area contributed by atoms with E-state index in [-0.39, 0.29) is 31.1 Å². The molecule has 0 aromatic rings. The van der Waals surface area contributed by atoms with Crippen molar-refractivity contribution >= 4 is 17.9 Å². The minimum atomic E-state index is -0.791. The zero-order chi connectivity index (χ0) is 51.4. The van der Waals surface area contributed by atoms with Gasteiger partial charge in [-0.05, 0) is 96.3 Å². The van der Waals surface area contributed by atoms with Crippen molar-refractivity contribution in [3.05, 3.63) is 97.2 Å². The zero-order valence-corrected chi connectivity index (χ0v) is 46.5. The van der Waals surface area contributed by atoms with E-state index in [0.29, 0.717) is 19.3 Å². The second kappa shape index (κ2) is 58.9. The molecule has 0 aromatic heterocycles. The van der Waals surface area contributed by atoms with E-state index in [2.05, 4.69) is 118 Å². The topological polar surface area (TPSA) is 78.9 Å². The highest BCUT2D eigenvalue weighted by molar-refractivity contribution is 5.71. The fourth-order valence-electron chi connectivity index (χ4n) is 8.11. The van der Waals surface area contributed by atoms with Crippen LogP contribution in [0, 0.1) is 0 Å². The van der Waals surface area contributed by atoms with E-state index in [1.54, 1.807) is 0 Å². The molecule has 0 aliphatic carbocycles. The average Bonchev–Trinajstić information content (AvgIpc) is 3.37. The predicted octanol–water partition coefficient (Wildman–Crippen LogP) is 20.1. The van der Waals surface area contributed by atoms with Gasteiger partial charge in [-0.25, -0.2) is 0 Å². The second-order valence-electron chi connectivity index (χ2n) is 19.5. The monoisotopic (exact) mass is 987 g/mol. The summed E-state index contributed by atoms with van der Waals surface area (Å²) in [6.07, 6.45) is 78.2. The van der Waals surface area contributed by atoms with Gasteiger partial charge < -0.3 is 14.2 Å². The summed E-state index contributed by atoms with van der Waals surface area (Å²) in [5.41, 5.74) is 0. The van der Waals surface area contributed by atoms with Gasteiger partial charge in [-0.3, -0.25) is 14.4 Å². The Hall–Kier alpha value is -3.67. The minimum Gasteiger partial charge on any atom is -0.462 e. The van der Waals surface area contributed by atoms with Crippen LogP contribution < -0.4 is 0 Å². The molecule has 0 aromatic carbocycles. The minimum absolute atomic E-state index is 0.0862. The van der Waals surface area contributed by atoms with Crippen LogP contribution in [0.2, 0.25) is 0 Å². The molecule has 0 bridgehead atoms. The molecule has 0 aliphatic rings. The number of rotatable bonds is 53. The van der Waals surface area contributed by atoms with Crippen molar-refractivity contribution < 1.29 is 28.6 Å². The lowest BCUT2D eigenvalue weighted by molar-refractivity contribution is -0.167. The van der Waals surface area contributed by atoms with Gasteiger partial charge >= 0.3 is 17.9 Å². The molecule has 1 atom stereocenters. The van der Waals surface area contributed by atoms with Crippen molar-refractivity contribution in [2.45, 2.75) is 284 Å². The van der Waals surface area contributed by atoms with Gasteiger partial charge in [0.05, 0.1) is 0 Å². The van der Waals surface area contributed by atoms with Gasteiger partial charge in [0.15, 0.2) is 6.10 Å².